The number of hydrogen-bond acceptors (Lipinski definition) is 4. The van der Waals surface area contributed by atoms with Gasteiger partial charge in [-0.15, -0.1) is 0 Å². The van der Waals surface area contributed by atoms with Gasteiger partial charge in [0.1, 0.15) is 0 Å². The van der Waals surface area contributed by atoms with E-state index in [1.807, 2.05) is 0 Å². The second-order valence-electron chi connectivity index (χ2n) is 3.96. The van der Waals surface area contributed by atoms with Gasteiger partial charge in [-0.2, -0.15) is 8.42 Å². The Kier molecular flexibility index (Phi) is 4.10. The van der Waals surface area contributed by atoms with E-state index in [9.17, 15) is 13.2 Å². The van der Waals surface area contributed by atoms with Gasteiger partial charge in [0.05, 0.1) is 12.9 Å². The van der Waals surface area contributed by atoms with E-state index in [0.717, 1.165) is 25.6 Å². The van der Waals surface area contributed by atoms with Gasteiger partial charge in [-0.1, -0.05) is 0 Å². The molecule has 1 aliphatic heterocycles. The Hall–Kier alpha value is -0.620. The highest BCUT2D eigenvalue weighted by Gasteiger charge is 2.22. The van der Waals surface area contributed by atoms with E-state index >= 15 is 0 Å². The van der Waals surface area contributed by atoms with Crippen molar-refractivity contribution >= 4 is 16.0 Å². The van der Waals surface area contributed by atoms with Crippen LogP contribution in [0.25, 0.3) is 0 Å². The van der Waals surface area contributed by atoms with Gasteiger partial charge in [-0.3, -0.25) is 8.98 Å². The van der Waals surface area contributed by atoms with Crippen LogP contribution in [0.1, 0.15) is 19.8 Å². The maximum absolute atomic E-state index is 11.1. The van der Waals surface area contributed by atoms with E-state index < -0.39 is 10.1 Å². The molecule has 1 fully saturated rings. The lowest BCUT2D eigenvalue weighted by molar-refractivity contribution is -0.130. The predicted molar refractivity (Wildman–Crippen MR) is 55.8 cm³/mol. The van der Waals surface area contributed by atoms with Crippen LogP contribution in [0.3, 0.4) is 0 Å². The van der Waals surface area contributed by atoms with Gasteiger partial charge in [0.25, 0.3) is 10.1 Å². The fourth-order valence-corrected chi connectivity index (χ4v) is 2.15. The number of rotatable bonds is 3. The van der Waals surface area contributed by atoms with Crippen LogP contribution in [0.15, 0.2) is 0 Å². The third-order valence-electron chi connectivity index (χ3n) is 2.48. The van der Waals surface area contributed by atoms with Gasteiger partial charge in [0, 0.05) is 25.9 Å². The summed E-state index contributed by atoms with van der Waals surface area (Å²) < 4.78 is 26.3. The second-order valence-corrected chi connectivity index (χ2v) is 5.61. The standard InChI is InChI=1S/C9H17NO4S/c1-8(11)10-5-3-4-9(6-10)7-14-15(2,12)13/h9H,3-7H2,1-2H3. The van der Waals surface area contributed by atoms with Gasteiger partial charge in [-0.25, -0.2) is 0 Å². The Bertz CT molecular complexity index is 325. The second kappa shape index (κ2) is 4.94. The van der Waals surface area contributed by atoms with Crippen molar-refractivity contribution in [3.8, 4) is 0 Å². The first-order valence-electron chi connectivity index (χ1n) is 4.98. The monoisotopic (exact) mass is 235 g/mol. The highest BCUT2D eigenvalue weighted by molar-refractivity contribution is 7.85. The van der Waals surface area contributed by atoms with Gasteiger partial charge in [0.15, 0.2) is 0 Å². The van der Waals surface area contributed by atoms with Crippen LogP contribution < -0.4 is 0 Å². The van der Waals surface area contributed by atoms with E-state index in [1.54, 1.807) is 4.90 Å². The first-order chi connectivity index (χ1) is 6.88. The highest BCUT2D eigenvalue weighted by Crippen LogP contribution is 2.17. The number of piperidine rings is 1. The average Bonchev–Trinajstić information content (AvgIpc) is 2.14. The molecule has 0 N–H and O–H groups in total. The molecule has 1 aliphatic rings. The number of carbonyl (C=O) groups is 1. The van der Waals surface area contributed by atoms with Crippen LogP contribution in [-0.4, -0.2) is 45.2 Å². The van der Waals surface area contributed by atoms with Crippen molar-refractivity contribution in [2.75, 3.05) is 26.0 Å². The minimum atomic E-state index is -3.36. The molecule has 0 aromatic rings. The van der Waals surface area contributed by atoms with Gasteiger partial charge in [0.2, 0.25) is 5.91 Å². The van der Waals surface area contributed by atoms with Crippen LogP contribution in [0.2, 0.25) is 0 Å². The molecule has 1 heterocycles. The lowest BCUT2D eigenvalue weighted by Crippen LogP contribution is -2.40. The van der Waals surface area contributed by atoms with Gasteiger partial charge in [-0.05, 0) is 12.8 Å². The zero-order chi connectivity index (χ0) is 11.5. The highest BCUT2D eigenvalue weighted by atomic mass is 32.2. The van der Waals surface area contributed by atoms with E-state index in [1.165, 1.54) is 6.92 Å². The lowest BCUT2D eigenvalue weighted by atomic mass is 9.99. The summed E-state index contributed by atoms with van der Waals surface area (Å²) in [6, 6.07) is 0. The normalized spacial score (nSPS) is 22.8. The molecule has 1 atom stereocenters. The van der Waals surface area contributed by atoms with Gasteiger partial charge < -0.3 is 4.90 Å². The molecule has 0 radical (unpaired) electrons. The van der Waals surface area contributed by atoms with Crippen molar-refractivity contribution in [2.45, 2.75) is 19.8 Å². The van der Waals surface area contributed by atoms with Gasteiger partial charge >= 0.3 is 0 Å². The zero-order valence-electron chi connectivity index (χ0n) is 9.10. The van der Waals surface area contributed by atoms with E-state index in [4.69, 9.17) is 4.18 Å². The molecule has 1 unspecified atom stereocenters. The van der Waals surface area contributed by atoms with Crippen LogP contribution >= 0.6 is 0 Å². The van der Waals surface area contributed by atoms with Crippen molar-refractivity contribution in [2.24, 2.45) is 5.92 Å². The van der Waals surface area contributed by atoms with E-state index in [2.05, 4.69) is 0 Å². The molecular weight excluding hydrogens is 218 g/mol. The summed E-state index contributed by atoms with van der Waals surface area (Å²) in [6.45, 7) is 3.08. The molecule has 88 valence electrons. The summed E-state index contributed by atoms with van der Waals surface area (Å²) in [5, 5.41) is 0. The van der Waals surface area contributed by atoms with Crippen molar-refractivity contribution in [3.05, 3.63) is 0 Å². The van der Waals surface area contributed by atoms with Crippen LogP contribution in [-0.2, 0) is 19.1 Å². The molecule has 0 bridgehead atoms. The lowest BCUT2D eigenvalue weighted by Gasteiger charge is -2.31. The number of amides is 1. The summed E-state index contributed by atoms with van der Waals surface area (Å²) >= 11 is 0. The topological polar surface area (TPSA) is 63.7 Å². The molecule has 6 heteroatoms. The Morgan fingerprint density at radius 2 is 2.20 bits per heavy atom. The Morgan fingerprint density at radius 1 is 1.53 bits per heavy atom. The molecule has 0 aromatic carbocycles. The van der Waals surface area contributed by atoms with Crippen molar-refractivity contribution in [1.82, 2.24) is 4.90 Å². The number of carbonyl (C=O) groups excluding carboxylic acids is 1. The molecular formula is C9H17NO4S. The summed E-state index contributed by atoms with van der Waals surface area (Å²) in [6.07, 6.45) is 2.87. The third kappa shape index (κ3) is 4.61. The third-order valence-corrected chi connectivity index (χ3v) is 3.05. The fourth-order valence-electron chi connectivity index (χ4n) is 1.71. The maximum atomic E-state index is 11.1. The molecule has 5 nitrogen and oxygen atoms in total. The SMILES string of the molecule is CC(=O)N1CCCC(COS(C)(=O)=O)C1. The van der Waals surface area contributed by atoms with Crippen molar-refractivity contribution < 1.29 is 17.4 Å². The molecule has 0 aromatic heterocycles. The predicted octanol–water partition coefficient (Wildman–Crippen LogP) is 0.221. The van der Waals surface area contributed by atoms with Crippen molar-refractivity contribution in [3.63, 3.8) is 0 Å². The molecule has 1 rings (SSSR count). The Labute approximate surface area is 90.5 Å². The molecule has 15 heavy (non-hydrogen) atoms. The Morgan fingerprint density at radius 3 is 2.73 bits per heavy atom. The van der Waals surface area contributed by atoms with E-state index in [-0.39, 0.29) is 18.4 Å². The molecule has 0 spiro atoms. The molecule has 1 amide bonds. The van der Waals surface area contributed by atoms with E-state index in [0.29, 0.717) is 6.54 Å². The summed E-state index contributed by atoms with van der Waals surface area (Å²) in [7, 11) is -3.36. The first-order valence-corrected chi connectivity index (χ1v) is 6.80. The number of hydrogen-bond donors (Lipinski definition) is 0. The number of likely N-dealkylation sites (tertiary alicyclic amines) is 1. The molecule has 1 saturated heterocycles. The van der Waals surface area contributed by atoms with Crippen LogP contribution in [0.4, 0.5) is 0 Å². The fraction of sp³-hybridized carbons (Fsp3) is 0.889. The summed E-state index contributed by atoms with van der Waals surface area (Å²) in [5.41, 5.74) is 0. The quantitative estimate of drug-likeness (QED) is 0.656. The van der Waals surface area contributed by atoms with Crippen LogP contribution in [0.5, 0.6) is 0 Å². The van der Waals surface area contributed by atoms with Crippen molar-refractivity contribution in [1.29, 1.82) is 0 Å². The summed E-state index contributed by atoms with van der Waals surface area (Å²) in [4.78, 5) is 12.8. The summed E-state index contributed by atoms with van der Waals surface area (Å²) in [5.74, 6) is 0.177. The Balaban J connectivity index is 2.40. The minimum absolute atomic E-state index is 0.0408. The smallest absolute Gasteiger partial charge is 0.264 e. The average molecular weight is 235 g/mol. The first kappa shape index (κ1) is 12.4. The van der Waals surface area contributed by atoms with Crippen LogP contribution in [0, 0.1) is 5.92 Å². The molecule has 0 saturated carbocycles. The maximum Gasteiger partial charge on any atom is 0.264 e. The number of nitrogens with zero attached hydrogens (tertiary/aromatic N) is 1. The largest absolute Gasteiger partial charge is 0.343 e. The minimum Gasteiger partial charge on any atom is -0.343 e. The zero-order valence-corrected chi connectivity index (χ0v) is 9.92. The molecule has 0 aliphatic carbocycles.